The molecule has 0 saturated carbocycles. The molecule has 2 aromatic carbocycles. The molecule has 4 rings (SSSR count). The Labute approximate surface area is 185 Å². The number of fused-ring (bicyclic) bond motifs is 1. The second-order valence-corrected chi connectivity index (χ2v) is 7.67. The lowest BCUT2D eigenvalue weighted by atomic mass is 10.1. The van der Waals surface area contributed by atoms with Crippen molar-refractivity contribution in [2.45, 2.75) is 20.1 Å². The highest BCUT2D eigenvalue weighted by molar-refractivity contribution is 7.15. The Balaban J connectivity index is 1.48. The van der Waals surface area contributed by atoms with Crippen LogP contribution in [-0.2, 0) is 6.54 Å². The maximum Gasteiger partial charge on any atom is 0.387 e. The van der Waals surface area contributed by atoms with Crippen molar-refractivity contribution in [3.63, 3.8) is 0 Å². The molecule has 2 N–H and O–H groups in total. The highest BCUT2D eigenvalue weighted by Gasteiger charge is 2.13. The molecular formula is C22H18F2N4O3S. The molecule has 2 heterocycles. The Bertz CT molecular complexity index is 1320. The number of aryl methyl sites for hydroxylation is 1. The highest BCUT2D eigenvalue weighted by Crippen LogP contribution is 2.21. The number of halogens is 2. The molecule has 1 amide bonds. The SMILES string of the molecule is Cc1csc2nc(CNc3ccccc3C(=O)Nc3ccc(OC(F)F)cc3)cc(=O)n12. The first-order chi connectivity index (χ1) is 15.4. The summed E-state index contributed by atoms with van der Waals surface area (Å²) in [6, 6.07) is 14.0. The normalized spacial score (nSPS) is 11.0. The number of amides is 1. The van der Waals surface area contributed by atoms with Gasteiger partial charge in [-0.3, -0.25) is 14.0 Å². The van der Waals surface area contributed by atoms with Crippen LogP contribution in [0, 0.1) is 6.92 Å². The smallest absolute Gasteiger partial charge is 0.387 e. The second kappa shape index (κ2) is 9.15. The number of aromatic nitrogens is 2. The van der Waals surface area contributed by atoms with Crippen molar-refractivity contribution in [3.8, 4) is 5.75 Å². The van der Waals surface area contributed by atoms with E-state index in [9.17, 15) is 18.4 Å². The summed E-state index contributed by atoms with van der Waals surface area (Å²) in [5.74, 6) is -0.380. The van der Waals surface area contributed by atoms with Crippen LogP contribution in [0.4, 0.5) is 20.2 Å². The first kappa shape index (κ1) is 21.4. The molecule has 0 aliphatic heterocycles. The lowest BCUT2D eigenvalue weighted by molar-refractivity contribution is -0.0498. The Morgan fingerprint density at radius 3 is 2.69 bits per heavy atom. The number of para-hydroxylation sites is 1. The summed E-state index contributed by atoms with van der Waals surface area (Å²) in [5.41, 5.74) is 2.60. The predicted octanol–water partition coefficient (Wildman–Crippen LogP) is 4.53. The summed E-state index contributed by atoms with van der Waals surface area (Å²) >= 11 is 1.39. The van der Waals surface area contributed by atoms with E-state index in [4.69, 9.17) is 0 Å². The van der Waals surface area contributed by atoms with Crippen molar-refractivity contribution in [1.29, 1.82) is 0 Å². The Morgan fingerprint density at radius 1 is 1.19 bits per heavy atom. The average molecular weight is 456 g/mol. The minimum Gasteiger partial charge on any atom is -0.435 e. The summed E-state index contributed by atoms with van der Waals surface area (Å²) in [4.78, 5) is 30.2. The fourth-order valence-corrected chi connectivity index (χ4v) is 4.02. The summed E-state index contributed by atoms with van der Waals surface area (Å²) in [6.07, 6.45) is 0. The van der Waals surface area contributed by atoms with E-state index in [-0.39, 0.29) is 23.8 Å². The molecule has 32 heavy (non-hydrogen) atoms. The number of anilines is 2. The van der Waals surface area contributed by atoms with Crippen LogP contribution in [0.25, 0.3) is 4.96 Å². The number of carbonyl (C=O) groups is 1. The molecule has 2 aromatic heterocycles. The summed E-state index contributed by atoms with van der Waals surface area (Å²) < 4.78 is 30.4. The van der Waals surface area contributed by atoms with E-state index in [1.165, 1.54) is 41.7 Å². The van der Waals surface area contributed by atoms with E-state index in [1.807, 2.05) is 12.3 Å². The van der Waals surface area contributed by atoms with E-state index in [1.54, 1.807) is 28.7 Å². The molecule has 0 radical (unpaired) electrons. The van der Waals surface area contributed by atoms with Gasteiger partial charge in [-0.2, -0.15) is 8.78 Å². The number of nitrogens with one attached hydrogen (secondary N) is 2. The van der Waals surface area contributed by atoms with E-state index in [0.717, 1.165) is 5.69 Å². The molecule has 0 spiro atoms. The van der Waals surface area contributed by atoms with Crippen molar-refractivity contribution in [1.82, 2.24) is 9.38 Å². The topological polar surface area (TPSA) is 84.7 Å². The maximum absolute atomic E-state index is 12.8. The Morgan fingerprint density at radius 2 is 1.94 bits per heavy atom. The lowest BCUT2D eigenvalue weighted by Gasteiger charge is -2.12. The van der Waals surface area contributed by atoms with Crippen molar-refractivity contribution >= 4 is 33.6 Å². The molecule has 0 fully saturated rings. The number of hydrogen-bond donors (Lipinski definition) is 2. The van der Waals surface area contributed by atoms with Crippen LogP contribution in [0.15, 0.2) is 64.8 Å². The van der Waals surface area contributed by atoms with Crippen molar-refractivity contribution in [2.24, 2.45) is 0 Å². The molecule has 0 unspecified atom stereocenters. The van der Waals surface area contributed by atoms with E-state index < -0.39 is 6.61 Å². The molecule has 0 aliphatic rings. The standard InChI is InChI=1S/C22H18F2N4O3S/c1-13-12-32-22-27-15(10-19(29)28(13)22)11-25-18-5-3-2-4-17(18)20(30)26-14-6-8-16(9-7-14)31-21(23)24/h2-10,12,21,25H,11H2,1H3,(H,26,30). The molecular weight excluding hydrogens is 438 g/mol. The van der Waals surface area contributed by atoms with Gasteiger partial charge >= 0.3 is 6.61 Å². The first-order valence-electron chi connectivity index (χ1n) is 9.56. The van der Waals surface area contributed by atoms with E-state index >= 15 is 0 Å². The van der Waals surface area contributed by atoms with Crippen LogP contribution in [0.5, 0.6) is 5.75 Å². The summed E-state index contributed by atoms with van der Waals surface area (Å²) in [6.45, 7) is -0.811. The zero-order valence-electron chi connectivity index (χ0n) is 16.8. The number of hydrogen-bond acceptors (Lipinski definition) is 6. The number of rotatable bonds is 7. The number of nitrogens with zero attached hydrogens (tertiary/aromatic N) is 2. The maximum atomic E-state index is 12.8. The van der Waals surface area contributed by atoms with Gasteiger partial charge in [-0.15, -0.1) is 11.3 Å². The fourth-order valence-electron chi connectivity index (χ4n) is 3.13. The Hall–Kier alpha value is -3.79. The van der Waals surface area contributed by atoms with Crippen molar-refractivity contribution in [3.05, 3.63) is 87.3 Å². The molecule has 4 aromatic rings. The first-order valence-corrected chi connectivity index (χ1v) is 10.4. The van der Waals surface area contributed by atoms with Crippen LogP contribution in [0.3, 0.4) is 0 Å². The van der Waals surface area contributed by atoms with E-state index in [2.05, 4.69) is 20.4 Å². The summed E-state index contributed by atoms with van der Waals surface area (Å²) in [5, 5.41) is 7.75. The van der Waals surface area contributed by atoms with Crippen molar-refractivity contribution in [2.75, 3.05) is 10.6 Å². The van der Waals surface area contributed by atoms with Gasteiger partial charge in [0.1, 0.15) is 5.75 Å². The van der Waals surface area contributed by atoms with Crippen LogP contribution in [0.1, 0.15) is 21.7 Å². The quantitative estimate of drug-likeness (QED) is 0.427. The number of alkyl halides is 2. The third-order valence-electron chi connectivity index (χ3n) is 4.60. The molecule has 10 heteroatoms. The monoisotopic (exact) mass is 456 g/mol. The van der Waals surface area contributed by atoms with Crippen LogP contribution in [0.2, 0.25) is 0 Å². The lowest BCUT2D eigenvalue weighted by Crippen LogP contribution is -2.18. The number of benzene rings is 2. The molecule has 0 aliphatic carbocycles. The minimum absolute atomic E-state index is 0.00127. The molecule has 0 atom stereocenters. The molecule has 164 valence electrons. The van der Waals surface area contributed by atoms with Crippen LogP contribution >= 0.6 is 11.3 Å². The largest absolute Gasteiger partial charge is 0.435 e. The van der Waals surface area contributed by atoms with Crippen molar-refractivity contribution < 1.29 is 18.3 Å². The van der Waals surface area contributed by atoms with Gasteiger partial charge < -0.3 is 15.4 Å². The van der Waals surface area contributed by atoms with Gasteiger partial charge in [0.2, 0.25) is 0 Å². The van der Waals surface area contributed by atoms with E-state index in [0.29, 0.717) is 27.6 Å². The number of thiazole rings is 1. The van der Waals surface area contributed by atoms with Gasteiger partial charge in [-0.25, -0.2) is 4.98 Å². The number of carbonyl (C=O) groups excluding carboxylic acids is 1. The third-order valence-corrected chi connectivity index (χ3v) is 5.54. The van der Waals surface area contributed by atoms with Crippen LogP contribution < -0.4 is 20.9 Å². The second-order valence-electron chi connectivity index (χ2n) is 6.84. The predicted molar refractivity (Wildman–Crippen MR) is 119 cm³/mol. The third kappa shape index (κ3) is 4.75. The van der Waals surface area contributed by atoms with Crippen LogP contribution in [-0.4, -0.2) is 21.9 Å². The van der Waals surface area contributed by atoms with Gasteiger partial charge in [-0.1, -0.05) is 12.1 Å². The molecule has 0 bridgehead atoms. The zero-order valence-corrected chi connectivity index (χ0v) is 17.7. The molecule has 0 saturated heterocycles. The fraction of sp³-hybridized carbons (Fsp3) is 0.136. The summed E-state index contributed by atoms with van der Waals surface area (Å²) in [7, 11) is 0. The Kier molecular flexibility index (Phi) is 6.13. The van der Waals surface area contributed by atoms with Gasteiger partial charge in [0.15, 0.2) is 4.96 Å². The minimum atomic E-state index is -2.91. The van der Waals surface area contributed by atoms with Gasteiger partial charge in [0.25, 0.3) is 11.5 Å². The van der Waals surface area contributed by atoms with Gasteiger partial charge in [-0.05, 0) is 43.3 Å². The average Bonchev–Trinajstić information content (AvgIpc) is 3.14. The molecule has 7 nitrogen and oxygen atoms in total. The van der Waals surface area contributed by atoms with Gasteiger partial charge in [0.05, 0.1) is 17.8 Å². The highest BCUT2D eigenvalue weighted by atomic mass is 32.1. The number of ether oxygens (including phenoxy) is 1. The zero-order chi connectivity index (χ0) is 22.7. The van der Waals surface area contributed by atoms with Gasteiger partial charge in [0, 0.05) is 28.5 Å².